The maximum atomic E-state index is 13.1. The summed E-state index contributed by atoms with van der Waals surface area (Å²) in [7, 11) is 0. The number of rotatable bonds is 5. The number of amides is 1. The Kier molecular flexibility index (Phi) is 4.62. The molecule has 0 atom stereocenters. The monoisotopic (exact) mass is 329 g/mol. The van der Waals surface area contributed by atoms with Crippen molar-refractivity contribution in [2.45, 2.75) is 5.16 Å². The van der Waals surface area contributed by atoms with Crippen LogP contribution < -0.4 is 5.32 Å². The van der Waals surface area contributed by atoms with Gasteiger partial charge >= 0.3 is 0 Å². The first kappa shape index (κ1) is 15.2. The zero-order valence-corrected chi connectivity index (χ0v) is 12.7. The predicted octanol–water partition coefficient (Wildman–Crippen LogP) is 2.53. The molecule has 3 rings (SSSR count). The minimum atomic E-state index is -0.400. The molecule has 2 aromatic carbocycles. The Balaban J connectivity index is 1.63. The van der Waals surface area contributed by atoms with Crippen LogP contribution in [0, 0.1) is 5.82 Å². The SMILES string of the molecule is O=C(CSc1nnnn1-c1ccccc1)Nc1cccc(F)c1. The summed E-state index contributed by atoms with van der Waals surface area (Å²) in [6, 6.07) is 15.1. The normalized spacial score (nSPS) is 10.5. The van der Waals surface area contributed by atoms with Gasteiger partial charge in [-0.05, 0) is 40.8 Å². The zero-order chi connectivity index (χ0) is 16.1. The number of para-hydroxylation sites is 1. The van der Waals surface area contributed by atoms with Crippen LogP contribution in [0.25, 0.3) is 5.69 Å². The van der Waals surface area contributed by atoms with Gasteiger partial charge in [0, 0.05) is 5.69 Å². The molecule has 0 bridgehead atoms. The lowest BCUT2D eigenvalue weighted by atomic mass is 10.3. The first-order valence-corrected chi connectivity index (χ1v) is 7.73. The van der Waals surface area contributed by atoms with E-state index in [0.29, 0.717) is 10.8 Å². The molecule has 0 fully saturated rings. The Hall–Kier alpha value is -2.74. The van der Waals surface area contributed by atoms with Gasteiger partial charge < -0.3 is 5.32 Å². The van der Waals surface area contributed by atoms with Gasteiger partial charge in [-0.2, -0.15) is 4.68 Å². The molecule has 1 N–H and O–H groups in total. The van der Waals surface area contributed by atoms with Crippen LogP contribution in [0.15, 0.2) is 59.8 Å². The molecule has 3 aromatic rings. The van der Waals surface area contributed by atoms with E-state index in [1.165, 1.54) is 30.0 Å². The number of halogens is 1. The number of carbonyl (C=O) groups is 1. The minimum absolute atomic E-state index is 0.115. The summed E-state index contributed by atoms with van der Waals surface area (Å²) >= 11 is 1.20. The van der Waals surface area contributed by atoms with Gasteiger partial charge in [-0.1, -0.05) is 36.0 Å². The van der Waals surface area contributed by atoms with Crippen LogP contribution in [0.4, 0.5) is 10.1 Å². The van der Waals surface area contributed by atoms with Crippen molar-refractivity contribution in [3.63, 3.8) is 0 Å². The number of aromatic nitrogens is 4. The van der Waals surface area contributed by atoms with E-state index in [4.69, 9.17) is 0 Å². The molecule has 0 unspecified atom stereocenters. The fourth-order valence-corrected chi connectivity index (χ4v) is 2.58. The molecule has 0 aliphatic heterocycles. The lowest BCUT2D eigenvalue weighted by Crippen LogP contribution is -2.14. The molecule has 1 heterocycles. The number of thioether (sulfide) groups is 1. The van der Waals surface area contributed by atoms with Crippen molar-refractivity contribution in [1.82, 2.24) is 20.2 Å². The van der Waals surface area contributed by atoms with Gasteiger partial charge in [0.25, 0.3) is 0 Å². The van der Waals surface area contributed by atoms with E-state index in [2.05, 4.69) is 20.8 Å². The third-order valence-electron chi connectivity index (χ3n) is 2.88. The van der Waals surface area contributed by atoms with Gasteiger partial charge in [-0.15, -0.1) is 5.10 Å². The number of nitrogens with zero attached hydrogens (tertiary/aromatic N) is 4. The summed E-state index contributed by atoms with van der Waals surface area (Å²) in [5.74, 6) is -0.546. The minimum Gasteiger partial charge on any atom is -0.325 e. The Morgan fingerprint density at radius 1 is 1.17 bits per heavy atom. The maximum absolute atomic E-state index is 13.1. The highest BCUT2D eigenvalue weighted by Gasteiger charge is 2.11. The molecule has 0 saturated carbocycles. The average molecular weight is 329 g/mol. The number of hydrogen-bond donors (Lipinski definition) is 1. The summed E-state index contributed by atoms with van der Waals surface area (Å²) < 4.78 is 14.6. The summed E-state index contributed by atoms with van der Waals surface area (Å²) in [6.07, 6.45) is 0. The van der Waals surface area contributed by atoms with E-state index >= 15 is 0 Å². The van der Waals surface area contributed by atoms with Crippen LogP contribution in [-0.4, -0.2) is 31.9 Å². The van der Waals surface area contributed by atoms with Crippen LogP contribution in [0.2, 0.25) is 0 Å². The first-order chi connectivity index (χ1) is 11.2. The molecule has 0 aliphatic carbocycles. The van der Waals surface area contributed by atoms with Gasteiger partial charge in [0.2, 0.25) is 11.1 Å². The Morgan fingerprint density at radius 3 is 2.78 bits per heavy atom. The number of hydrogen-bond acceptors (Lipinski definition) is 5. The molecule has 0 spiro atoms. The zero-order valence-electron chi connectivity index (χ0n) is 11.9. The van der Waals surface area contributed by atoms with Crippen LogP contribution in [0.3, 0.4) is 0 Å². The third-order valence-corrected chi connectivity index (χ3v) is 3.80. The highest BCUT2D eigenvalue weighted by atomic mass is 32.2. The van der Waals surface area contributed by atoms with E-state index < -0.39 is 5.82 Å². The van der Waals surface area contributed by atoms with Crippen LogP contribution in [-0.2, 0) is 4.79 Å². The number of anilines is 1. The van der Waals surface area contributed by atoms with Crippen molar-refractivity contribution < 1.29 is 9.18 Å². The van der Waals surface area contributed by atoms with E-state index in [0.717, 1.165) is 5.69 Å². The first-order valence-electron chi connectivity index (χ1n) is 6.74. The molecule has 0 radical (unpaired) electrons. The molecular weight excluding hydrogens is 317 g/mol. The summed E-state index contributed by atoms with van der Waals surface area (Å²) in [6.45, 7) is 0. The molecule has 6 nitrogen and oxygen atoms in total. The number of benzene rings is 2. The highest BCUT2D eigenvalue weighted by molar-refractivity contribution is 7.99. The fourth-order valence-electron chi connectivity index (χ4n) is 1.89. The number of carbonyl (C=O) groups excluding carboxylic acids is 1. The van der Waals surface area contributed by atoms with Crippen molar-refractivity contribution in [3.8, 4) is 5.69 Å². The van der Waals surface area contributed by atoms with Gasteiger partial charge in [0.05, 0.1) is 11.4 Å². The van der Waals surface area contributed by atoms with Gasteiger partial charge in [0.1, 0.15) is 5.82 Å². The largest absolute Gasteiger partial charge is 0.325 e. The topological polar surface area (TPSA) is 72.7 Å². The van der Waals surface area contributed by atoms with Crippen molar-refractivity contribution in [2.24, 2.45) is 0 Å². The van der Waals surface area contributed by atoms with Crippen molar-refractivity contribution in [3.05, 3.63) is 60.4 Å². The standard InChI is InChI=1S/C15H12FN5OS/c16-11-5-4-6-12(9-11)17-14(22)10-23-15-18-19-20-21(15)13-7-2-1-3-8-13/h1-9H,10H2,(H,17,22). The van der Waals surface area contributed by atoms with Crippen molar-refractivity contribution >= 4 is 23.4 Å². The predicted molar refractivity (Wildman–Crippen MR) is 84.9 cm³/mol. The van der Waals surface area contributed by atoms with E-state index in [1.807, 2.05) is 30.3 Å². The van der Waals surface area contributed by atoms with Gasteiger partial charge in [0.15, 0.2) is 0 Å². The lowest BCUT2D eigenvalue weighted by molar-refractivity contribution is -0.113. The van der Waals surface area contributed by atoms with E-state index in [1.54, 1.807) is 10.7 Å². The summed E-state index contributed by atoms with van der Waals surface area (Å²) in [4.78, 5) is 11.9. The van der Waals surface area contributed by atoms with Crippen LogP contribution in [0.1, 0.15) is 0 Å². The molecule has 1 aromatic heterocycles. The molecule has 0 saturated heterocycles. The van der Waals surface area contributed by atoms with Gasteiger partial charge in [-0.25, -0.2) is 4.39 Å². The molecule has 8 heteroatoms. The molecular formula is C15H12FN5OS. The third kappa shape index (κ3) is 3.92. The molecule has 1 amide bonds. The molecule has 23 heavy (non-hydrogen) atoms. The van der Waals surface area contributed by atoms with Crippen LogP contribution >= 0.6 is 11.8 Å². The smallest absolute Gasteiger partial charge is 0.234 e. The second-order valence-corrected chi connectivity index (χ2v) is 5.50. The highest BCUT2D eigenvalue weighted by Crippen LogP contribution is 2.18. The quantitative estimate of drug-likeness (QED) is 0.728. The van der Waals surface area contributed by atoms with E-state index in [9.17, 15) is 9.18 Å². The number of tetrazole rings is 1. The fraction of sp³-hybridized carbons (Fsp3) is 0.0667. The second kappa shape index (κ2) is 7.01. The molecule has 116 valence electrons. The Morgan fingerprint density at radius 2 is 2.00 bits per heavy atom. The van der Waals surface area contributed by atoms with Crippen molar-refractivity contribution in [1.29, 1.82) is 0 Å². The lowest BCUT2D eigenvalue weighted by Gasteiger charge is -2.05. The average Bonchev–Trinajstić information content (AvgIpc) is 3.02. The summed E-state index contributed by atoms with van der Waals surface area (Å²) in [5, 5.41) is 14.6. The Bertz CT molecular complexity index is 808. The van der Waals surface area contributed by atoms with Crippen LogP contribution in [0.5, 0.6) is 0 Å². The molecule has 0 aliphatic rings. The maximum Gasteiger partial charge on any atom is 0.234 e. The summed E-state index contributed by atoms with van der Waals surface area (Å²) in [5.41, 5.74) is 1.23. The number of nitrogens with one attached hydrogen (secondary N) is 1. The Labute approximate surface area is 135 Å². The van der Waals surface area contributed by atoms with E-state index in [-0.39, 0.29) is 11.7 Å². The van der Waals surface area contributed by atoms with Gasteiger partial charge in [-0.3, -0.25) is 4.79 Å². The van der Waals surface area contributed by atoms with Crippen molar-refractivity contribution in [2.75, 3.05) is 11.1 Å². The second-order valence-electron chi connectivity index (χ2n) is 4.56.